The predicted octanol–water partition coefficient (Wildman–Crippen LogP) is 3.91. The maximum Gasteiger partial charge on any atom is 0.213 e. The Labute approximate surface area is 190 Å². The number of aliphatic imine (C=N–C) groups is 1. The van der Waals surface area contributed by atoms with E-state index >= 15 is 0 Å². The number of ether oxygens (including phenoxy) is 1. The molecule has 1 aliphatic rings. The number of aromatic nitrogens is 3. The van der Waals surface area contributed by atoms with Gasteiger partial charge in [-0.05, 0) is 36.5 Å². The van der Waals surface area contributed by atoms with Gasteiger partial charge in [0.05, 0.1) is 18.9 Å². The van der Waals surface area contributed by atoms with Crippen molar-refractivity contribution >= 4 is 5.96 Å². The Balaban J connectivity index is 1.42. The van der Waals surface area contributed by atoms with E-state index < -0.39 is 0 Å². The van der Waals surface area contributed by atoms with E-state index in [2.05, 4.69) is 44.8 Å². The number of pyridine rings is 1. The molecular formula is C25H32N6O. The molecule has 0 saturated carbocycles. The number of nitrogens with zero attached hydrogens (tertiary/aromatic N) is 5. The summed E-state index contributed by atoms with van der Waals surface area (Å²) in [7, 11) is 0. The van der Waals surface area contributed by atoms with Crippen molar-refractivity contribution < 1.29 is 4.74 Å². The fraction of sp³-hybridized carbons (Fsp3) is 0.400. The van der Waals surface area contributed by atoms with Gasteiger partial charge in [-0.25, -0.2) is 15.0 Å². The molecule has 0 aliphatic carbocycles. The van der Waals surface area contributed by atoms with Gasteiger partial charge >= 0.3 is 0 Å². The van der Waals surface area contributed by atoms with E-state index in [9.17, 15) is 0 Å². The Bertz CT molecular complexity index is 989. The van der Waals surface area contributed by atoms with Gasteiger partial charge in [0.1, 0.15) is 6.61 Å². The second-order valence-corrected chi connectivity index (χ2v) is 8.24. The van der Waals surface area contributed by atoms with E-state index in [4.69, 9.17) is 9.73 Å². The van der Waals surface area contributed by atoms with Crippen LogP contribution in [0.15, 0.2) is 72.4 Å². The van der Waals surface area contributed by atoms with Gasteiger partial charge in [0.25, 0.3) is 0 Å². The highest BCUT2D eigenvalue weighted by atomic mass is 16.5. The Morgan fingerprint density at radius 3 is 2.84 bits per heavy atom. The van der Waals surface area contributed by atoms with Crippen molar-refractivity contribution in [3.8, 4) is 5.88 Å². The van der Waals surface area contributed by atoms with Crippen molar-refractivity contribution in [3.05, 3.63) is 78.5 Å². The van der Waals surface area contributed by atoms with E-state index in [1.807, 2.05) is 55.0 Å². The van der Waals surface area contributed by atoms with E-state index in [1.165, 1.54) is 0 Å². The second-order valence-electron chi connectivity index (χ2n) is 8.24. The molecule has 1 saturated heterocycles. The zero-order valence-electron chi connectivity index (χ0n) is 18.9. The number of benzene rings is 1. The Hall–Kier alpha value is -3.35. The smallest absolute Gasteiger partial charge is 0.213 e. The van der Waals surface area contributed by atoms with Crippen LogP contribution < -0.4 is 10.1 Å². The van der Waals surface area contributed by atoms with Gasteiger partial charge in [0.2, 0.25) is 5.88 Å². The number of piperidine rings is 1. The van der Waals surface area contributed by atoms with Crippen molar-refractivity contribution in [2.75, 3.05) is 19.6 Å². The summed E-state index contributed by atoms with van der Waals surface area (Å²) in [5, 5.41) is 3.47. The minimum absolute atomic E-state index is 0.397. The summed E-state index contributed by atoms with van der Waals surface area (Å²) in [5.41, 5.74) is 2.20. The fourth-order valence-electron chi connectivity index (χ4n) is 4.05. The average Bonchev–Trinajstić information content (AvgIpc) is 3.37. The summed E-state index contributed by atoms with van der Waals surface area (Å²) in [6.45, 7) is 8.27. The third-order valence-electron chi connectivity index (χ3n) is 5.90. The van der Waals surface area contributed by atoms with Gasteiger partial charge in [-0.15, -0.1) is 0 Å². The first-order valence-electron chi connectivity index (χ1n) is 11.3. The van der Waals surface area contributed by atoms with Gasteiger partial charge < -0.3 is 19.5 Å². The average molecular weight is 433 g/mol. The third kappa shape index (κ3) is 5.66. The van der Waals surface area contributed by atoms with Crippen molar-refractivity contribution in [1.29, 1.82) is 0 Å². The molecule has 32 heavy (non-hydrogen) atoms. The van der Waals surface area contributed by atoms with Crippen molar-refractivity contribution in [2.45, 2.75) is 39.5 Å². The Morgan fingerprint density at radius 2 is 2.06 bits per heavy atom. The van der Waals surface area contributed by atoms with Crippen LogP contribution in [0, 0.1) is 5.92 Å². The number of hydrogen-bond acceptors (Lipinski definition) is 4. The van der Waals surface area contributed by atoms with Crippen molar-refractivity contribution in [2.24, 2.45) is 10.9 Å². The first-order valence-corrected chi connectivity index (χ1v) is 11.3. The number of imidazole rings is 1. The summed E-state index contributed by atoms with van der Waals surface area (Å²) in [6, 6.07) is 14.5. The van der Waals surface area contributed by atoms with Crippen molar-refractivity contribution in [1.82, 2.24) is 24.8 Å². The normalized spacial score (nSPS) is 19.1. The number of rotatable bonds is 7. The Kier molecular flexibility index (Phi) is 7.38. The topological polar surface area (TPSA) is 67.6 Å². The van der Waals surface area contributed by atoms with Gasteiger partial charge in [0, 0.05) is 44.3 Å². The van der Waals surface area contributed by atoms with E-state index in [-0.39, 0.29) is 0 Å². The van der Waals surface area contributed by atoms with Gasteiger partial charge in [0.15, 0.2) is 5.96 Å². The van der Waals surface area contributed by atoms with Crippen LogP contribution in [-0.2, 0) is 13.2 Å². The molecule has 0 spiro atoms. The minimum Gasteiger partial charge on any atom is -0.473 e. The molecule has 2 atom stereocenters. The monoisotopic (exact) mass is 432 g/mol. The summed E-state index contributed by atoms with van der Waals surface area (Å²) in [6.07, 6.45) is 8.74. The van der Waals surface area contributed by atoms with Crippen LogP contribution in [0.25, 0.3) is 0 Å². The minimum atomic E-state index is 0.397. The number of hydrogen-bond donors (Lipinski definition) is 1. The number of nitrogens with one attached hydrogen (secondary N) is 1. The molecule has 0 radical (unpaired) electrons. The quantitative estimate of drug-likeness (QED) is 0.453. The molecule has 1 fully saturated rings. The summed E-state index contributed by atoms with van der Waals surface area (Å²) < 4.78 is 8.10. The highest BCUT2D eigenvalue weighted by Gasteiger charge is 2.28. The third-order valence-corrected chi connectivity index (χ3v) is 5.90. The van der Waals surface area contributed by atoms with Crippen LogP contribution in [0.5, 0.6) is 5.88 Å². The van der Waals surface area contributed by atoms with Gasteiger partial charge in [-0.3, -0.25) is 0 Å². The summed E-state index contributed by atoms with van der Waals surface area (Å²) >= 11 is 0. The molecule has 4 rings (SSSR count). The molecule has 168 valence electrons. The van der Waals surface area contributed by atoms with E-state index in [0.717, 1.165) is 43.1 Å². The molecule has 1 aromatic carbocycles. The largest absolute Gasteiger partial charge is 0.473 e. The van der Waals surface area contributed by atoms with Crippen molar-refractivity contribution in [3.63, 3.8) is 0 Å². The van der Waals surface area contributed by atoms with Crippen LogP contribution in [0.1, 0.15) is 37.4 Å². The lowest BCUT2D eigenvalue weighted by Crippen LogP contribution is -2.49. The van der Waals surface area contributed by atoms with E-state index in [0.29, 0.717) is 31.0 Å². The van der Waals surface area contributed by atoms with E-state index in [1.54, 1.807) is 6.20 Å². The van der Waals surface area contributed by atoms with Crippen LogP contribution >= 0.6 is 0 Å². The number of likely N-dealkylation sites (tertiary alicyclic amines) is 1. The van der Waals surface area contributed by atoms with Crippen LogP contribution in [0.2, 0.25) is 0 Å². The lowest BCUT2D eigenvalue weighted by molar-refractivity contribution is 0.189. The molecule has 2 unspecified atom stereocenters. The predicted molar refractivity (Wildman–Crippen MR) is 126 cm³/mol. The molecule has 7 nitrogen and oxygen atoms in total. The maximum atomic E-state index is 5.88. The summed E-state index contributed by atoms with van der Waals surface area (Å²) in [5.74, 6) is 2.18. The highest BCUT2D eigenvalue weighted by Crippen LogP contribution is 2.27. The highest BCUT2D eigenvalue weighted by molar-refractivity contribution is 5.80. The molecule has 1 N–H and O–H groups in total. The molecule has 7 heteroatoms. The van der Waals surface area contributed by atoms with Crippen LogP contribution in [0.4, 0.5) is 0 Å². The lowest BCUT2D eigenvalue weighted by atomic mass is 9.93. The standard InChI is InChI=1S/C25H32N6O/c1-3-27-25(30-13-10-20(2)23(17-30)31-14-12-26-19-31)29-16-22-9-11-28-24(15-22)32-18-21-7-5-4-6-8-21/h4-9,11-12,14-15,19-20,23H,3,10,13,16-18H2,1-2H3,(H,27,29). The first-order chi connectivity index (χ1) is 15.7. The SMILES string of the molecule is CCNC(=NCc1ccnc(OCc2ccccc2)c1)N1CCC(C)C(n2ccnc2)C1. The molecular weight excluding hydrogens is 400 g/mol. The molecule has 0 amide bonds. The molecule has 3 heterocycles. The number of guanidine groups is 1. The van der Waals surface area contributed by atoms with Gasteiger partial charge in [-0.2, -0.15) is 0 Å². The van der Waals surface area contributed by atoms with Crippen LogP contribution in [0.3, 0.4) is 0 Å². The maximum absolute atomic E-state index is 5.88. The Morgan fingerprint density at radius 1 is 1.19 bits per heavy atom. The molecule has 3 aromatic rings. The second kappa shape index (κ2) is 10.8. The molecule has 0 bridgehead atoms. The first kappa shape index (κ1) is 21.9. The van der Waals surface area contributed by atoms with Gasteiger partial charge in [-0.1, -0.05) is 37.3 Å². The zero-order chi connectivity index (χ0) is 22.2. The van der Waals surface area contributed by atoms with Crippen LogP contribution in [-0.4, -0.2) is 45.0 Å². The fourth-order valence-corrected chi connectivity index (χ4v) is 4.05. The summed E-state index contributed by atoms with van der Waals surface area (Å²) in [4.78, 5) is 15.9. The molecule has 2 aromatic heterocycles. The molecule has 1 aliphatic heterocycles. The zero-order valence-corrected chi connectivity index (χ0v) is 18.9. The lowest BCUT2D eigenvalue weighted by Gasteiger charge is -2.39.